The maximum absolute atomic E-state index is 12.4. The summed E-state index contributed by atoms with van der Waals surface area (Å²) in [7, 11) is 0. The van der Waals surface area contributed by atoms with E-state index in [9.17, 15) is 4.79 Å². The zero-order valence-corrected chi connectivity index (χ0v) is 11.4. The lowest BCUT2D eigenvalue weighted by molar-refractivity contribution is -0.137. The minimum Gasteiger partial charge on any atom is -0.409 e. The van der Waals surface area contributed by atoms with Crippen LogP contribution < -0.4 is 5.73 Å². The van der Waals surface area contributed by atoms with Gasteiger partial charge in [-0.3, -0.25) is 4.79 Å². The van der Waals surface area contributed by atoms with Crippen molar-refractivity contribution < 1.29 is 10.0 Å². The van der Waals surface area contributed by atoms with E-state index < -0.39 is 5.41 Å². The fourth-order valence-corrected chi connectivity index (χ4v) is 1.65. The van der Waals surface area contributed by atoms with Gasteiger partial charge in [0.1, 0.15) is 5.41 Å². The van der Waals surface area contributed by atoms with E-state index in [-0.39, 0.29) is 11.7 Å². The lowest BCUT2D eigenvalue weighted by Crippen LogP contribution is -2.49. The number of carbonyl (C=O) groups excluding carboxylic acids is 1. The molecule has 5 heteroatoms. The first-order chi connectivity index (χ1) is 7.97. The number of hydrogen-bond donors (Lipinski definition) is 2. The third-order valence-electron chi connectivity index (χ3n) is 3.30. The summed E-state index contributed by atoms with van der Waals surface area (Å²) in [4.78, 5) is 14.2. The summed E-state index contributed by atoms with van der Waals surface area (Å²) < 4.78 is 0. The van der Waals surface area contributed by atoms with Crippen LogP contribution in [0.4, 0.5) is 0 Å². The van der Waals surface area contributed by atoms with Crippen molar-refractivity contribution in [2.24, 2.45) is 16.3 Å². The molecular weight excluding hydrogens is 218 g/mol. The fraction of sp³-hybridized carbons (Fsp3) is 0.833. The van der Waals surface area contributed by atoms with Crippen LogP contribution >= 0.6 is 0 Å². The van der Waals surface area contributed by atoms with Gasteiger partial charge in [-0.25, -0.2) is 0 Å². The second-order valence-electron chi connectivity index (χ2n) is 4.41. The third kappa shape index (κ3) is 3.61. The van der Waals surface area contributed by atoms with E-state index in [1.165, 1.54) is 0 Å². The topological polar surface area (TPSA) is 78.9 Å². The van der Waals surface area contributed by atoms with E-state index in [2.05, 4.69) is 12.1 Å². The molecule has 0 heterocycles. The molecule has 1 amide bonds. The SMILES string of the molecule is CCCCN(CC)C(=O)C(C)(CC)C(N)=NO. The maximum Gasteiger partial charge on any atom is 0.236 e. The average molecular weight is 243 g/mol. The number of amides is 1. The number of oxime groups is 1. The summed E-state index contributed by atoms with van der Waals surface area (Å²) in [5.74, 6) is -0.0776. The largest absolute Gasteiger partial charge is 0.409 e. The zero-order chi connectivity index (χ0) is 13.5. The number of carbonyl (C=O) groups is 1. The van der Waals surface area contributed by atoms with Crippen LogP contribution in [-0.4, -0.2) is 34.9 Å². The van der Waals surface area contributed by atoms with E-state index in [0.29, 0.717) is 13.0 Å². The number of nitrogens with two attached hydrogens (primary N) is 1. The number of unbranched alkanes of at least 4 members (excludes halogenated alkanes) is 1. The number of amidine groups is 1. The van der Waals surface area contributed by atoms with Crippen molar-refractivity contribution in [2.45, 2.75) is 47.0 Å². The van der Waals surface area contributed by atoms with Gasteiger partial charge >= 0.3 is 0 Å². The average Bonchev–Trinajstić information content (AvgIpc) is 2.37. The molecule has 3 N–H and O–H groups in total. The highest BCUT2D eigenvalue weighted by Crippen LogP contribution is 2.24. The Bertz CT molecular complexity index is 279. The lowest BCUT2D eigenvalue weighted by Gasteiger charge is -2.32. The standard InChI is InChI=1S/C12H25N3O2/c1-5-8-9-15(7-3)11(16)12(4,6-2)10(13)14-17/h17H,5-9H2,1-4H3,(H2,13,14). The molecule has 1 atom stereocenters. The predicted molar refractivity (Wildman–Crippen MR) is 69.0 cm³/mol. The molecule has 0 rings (SSSR count). The fourth-order valence-electron chi connectivity index (χ4n) is 1.65. The van der Waals surface area contributed by atoms with Gasteiger partial charge in [-0.1, -0.05) is 25.4 Å². The quantitative estimate of drug-likeness (QED) is 0.310. The number of hydrogen-bond acceptors (Lipinski definition) is 3. The normalized spacial score (nSPS) is 15.4. The molecule has 0 aliphatic rings. The second kappa shape index (κ2) is 7.14. The molecule has 0 aromatic carbocycles. The molecule has 17 heavy (non-hydrogen) atoms. The van der Waals surface area contributed by atoms with Crippen LogP contribution in [0, 0.1) is 5.41 Å². The third-order valence-corrected chi connectivity index (χ3v) is 3.30. The van der Waals surface area contributed by atoms with E-state index in [4.69, 9.17) is 10.9 Å². The highest BCUT2D eigenvalue weighted by Gasteiger charge is 2.38. The molecule has 0 saturated carbocycles. The predicted octanol–water partition coefficient (Wildman–Crippen LogP) is 1.80. The second-order valence-corrected chi connectivity index (χ2v) is 4.41. The van der Waals surface area contributed by atoms with Crippen LogP contribution in [0.5, 0.6) is 0 Å². The Balaban J connectivity index is 4.94. The monoisotopic (exact) mass is 243 g/mol. The highest BCUT2D eigenvalue weighted by molar-refractivity contribution is 6.06. The summed E-state index contributed by atoms with van der Waals surface area (Å²) in [5.41, 5.74) is 4.73. The van der Waals surface area contributed by atoms with Gasteiger partial charge in [0.15, 0.2) is 5.84 Å². The van der Waals surface area contributed by atoms with Crippen molar-refractivity contribution in [1.82, 2.24) is 4.90 Å². The Labute approximate surface area is 104 Å². The van der Waals surface area contributed by atoms with E-state index in [1.807, 2.05) is 13.8 Å². The highest BCUT2D eigenvalue weighted by atomic mass is 16.4. The van der Waals surface area contributed by atoms with E-state index in [0.717, 1.165) is 19.4 Å². The molecule has 0 spiro atoms. The molecule has 0 aliphatic carbocycles. The molecule has 0 saturated heterocycles. The van der Waals surface area contributed by atoms with Crippen LogP contribution in [0.25, 0.3) is 0 Å². The van der Waals surface area contributed by atoms with Crippen molar-refractivity contribution in [3.8, 4) is 0 Å². The van der Waals surface area contributed by atoms with Gasteiger partial charge in [-0.15, -0.1) is 0 Å². The minimum absolute atomic E-state index is 0.0139. The Hall–Kier alpha value is -1.26. The van der Waals surface area contributed by atoms with Gasteiger partial charge in [-0.2, -0.15) is 0 Å². The van der Waals surface area contributed by atoms with Gasteiger partial charge in [-0.05, 0) is 26.7 Å². The molecule has 5 nitrogen and oxygen atoms in total. The van der Waals surface area contributed by atoms with Crippen molar-refractivity contribution in [1.29, 1.82) is 0 Å². The Morgan fingerprint density at radius 1 is 1.41 bits per heavy atom. The van der Waals surface area contributed by atoms with Crippen LogP contribution in [0.3, 0.4) is 0 Å². The molecule has 0 bridgehead atoms. The summed E-state index contributed by atoms with van der Waals surface area (Å²) in [6, 6.07) is 0. The Morgan fingerprint density at radius 3 is 2.35 bits per heavy atom. The zero-order valence-electron chi connectivity index (χ0n) is 11.4. The summed E-state index contributed by atoms with van der Waals surface area (Å²) >= 11 is 0. The molecule has 0 aliphatic heterocycles. The van der Waals surface area contributed by atoms with Crippen LogP contribution in [-0.2, 0) is 4.79 Å². The lowest BCUT2D eigenvalue weighted by atomic mass is 9.84. The van der Waals surface area contributed by atoms with Gasteiger partial charge in [0, 0.05) is 13.1 Å². The van der Waals surface area contributed by atoms with Crippen molar-refractivity contribution in [3.63, 3.8) is 0 Å². The van der Waals surface area contributed by atoms with Crippen molar-refractivity contribution >= 4 is 11.7 Å². The smallest absolute Gasteiger partial charge is 0.236 e. The van der Waals surface area contributed by atoms with Crippen LogP contribution in [0.15, 0.2) is 5.16 Å². The summed E-state index contributed by atoms with van der Waals surface area (Å²) in [6.07, 6.45) is 2.52. The van der Waals surface area contributed by atoms with Crippen LogP contribution in [0.2, 0.25) is 0 Å². The minimum atomic E-state index is -0.904. The van der Waals surface area contributed by atoms with Gasteiger partial charge in [0.25, 0.3) is 0 Å². The Morgan fingerprint density at radius 2 is 2.00 bits per heavy atom. The summed E-state index contributed by atoms with van der Waals surface area (Å²) in [6.45, 7) is 8.98. The first kappa shape index (κ1) is 15.7. The summed E-state index contributed by atoms with van der Waals surface area (Å²) in [5, 5.41) is 11.8. The van der Waals surface area contributed by atoms with Gasteiger partial charge < -0.3 is 15.8 Å². The van der Waals surface area contributed by atoms with Crippen molar-refractivity contribution in [3.05, 3.63) is 0 Å². The van der Waals surface area contributed by atoms with Crippen LogP contribution in [0.1, 0.15) is 47.0 Å². The molecule has 1 unspecified atom stereocenters. The van der Waals surface area contributed by atoms with E-state index in [1.54, 1.807) is 11.8 Å². The van der Waals surface area contributed by atoms with Gasteiger partial charge in [0.05, 0.1) is 0 Å². The van der Waals surface area contributed by atoms with E-state index >= 15 is 0 Å². The molecular formula is C12H25N3O2. The first-order valence-corrected chi connectivity index (χ1v) is 6.25. The number of rotatable bonds is 7. The molecule has 0 fully saturated rings. The maximum atomic E-state index is 12.4. The van der Waals surface area contributed by atoms with Gasteiger partial charge in [0.2, 0.25) is 5.91 Å². The number of nitrogens with zero attached hydrogens (tertiary/aromatic N) is 2. The molecule has 0 aromatic rings. The molecule has 0 aromatic heterocycles. The first-order valence-electron chi connectivity index (χ1n) is 6.25. The molecule has 0 radical (unpaired) electrons. The Kier molecular flexibility index (Phi) is 6.61. The van der Waals surface area contributed by atoms with Crippen molar-refractivity contribution in [2.75, 3.05) is 13.1 Å². The molecule has 100 valence electrons.